The Hall–Kier alpha value is -2.59. The molecule has 0 spiro atoms. The summed E-state index contributed by atoms with van der Waals surface area (Å²) < 4.78 is 0. The Morgan fingerprint density at radius 1 is 1.06 bits per heavy atom. The van der Waals surface area contributed by atoms with Crippen molar-refractivity contribution in [3.05, 3.63) is 35.9 Å². The number of carboxylic acid groups (broad SMARTS) is 1. The molecule has 2 amide bonds. The Kier molecular flexibility index (Phi) is 12.3. The standard InChI is InChI=1S/C21H31N3O6S/c1-14(2)11-17(22-19(26)16(9-10-31-3)24-30-13-25)20(27)23-18(21(28)29)12-15-7-5-4-6-8-15/h4-8,13-14,16-18,24H,9-12H2,1-3H3,(H,22,26)(H,23,27)(H,28,29). The van der Waals surface area contributed by atoms with Gasteiger partial charge in [-0.2, -0.15) is 11.8 Å². The highest BCUT2D eigenvalue weighted by Gasteiger charge is 2.29. The lowest BCUT2D eigenvalue weighted by molar-refractivity contribution is -0.142. The lowest BCUT2D eigenvalue weighted by Gasteiger charge is -2.25. The lowest BCUT2D eigenvalue weighted by atomic mass is 10.0. The van der Waals surface area contributed by atoms with Crippen LogP contribution in [0.4, 0.5) is 0 Å². The van der Waals surface area contributed by atoms with Crippen molar-refractivity contribution in [1.82, 2.24) is 16.1 Å². The van der Waals surface area contributed by atoms with Crippen molar-refractivity contribution in [3.63, 3.8) is 0 Å². The van der Waals surface area contributed by atoms with Gasteiger partial charge in [0.05, 0.1) is 0 Å². The van der Waals surface area contributed by atoms with E-state index in [-0.39, 0.29) is 18.8 Å². The zero-order valence-corrected chi connectivity index (χ0v) is 18.8. The van der Waals surface area contributed by atoms with Crippen LogP contribution in [0.25, 0.3) is 0 Å². The van der Waals surface area contributed by atoms with Gasteiger partial charge >= 0.3 is 12.4 Å². The average molecular weight is 454 g/mol. The van der Waals surface area contributed by atoms with E-state index >= 15 is 0 Å². The first-order valence-corrected chi connectivity index (χ1v) is 11.4. The van der Waals surface area contributed by atoms with Gasteiger partial charge in [-0.15, -0.1) is 5.48 Å². The molecule has 1 aromatic rings. The molecule has 1 aromatic carbocycles. The van der Waals surface area contributed by atoms with E-state index in [1.807, 2.05) is 26.2 Å². The average Bonchev–Trinajstić information content (AvgIpc) is 2.73. The Morgan fingerprint density at radius 3 is 2.23 bits per heavy atom. The summed E-state index contributed by atoms with van der Waals surface area (Å²) in [5, 5.41) is 14.7. The van der Waals surface area contributed by atoms with Crippen LogP contribution in [-0.2, 0) is 30.4 Å². The predicted molar refractivity (Wildman–Crippen MR) is 118 cm³/mol. The molecule has 10 heteroatoms. The van der Waals surface area contributed by atoms with E-state index in [4.69, 9.17) is 0 Å². The van der Waals surface area contributed by atoms with Gasteiger partial charge in [0, 0.05) is 6.42 Å². The molecule has 0 radical (unpaired) electrons. The van der Waals surface area contributed by atoms with Crippen molar-refractivity contribution in [3.8, 4) is 0 Å². The van der Waals surface area contributed by atoms with Crippen LogP contribution >= 0.6 is 11.8 Å². The molecule has 0 bridgehead atoms. The van der Waals surface area contributed by atoms with E-state index in [1.165, 1.54) is 11.8 Å². The molecule has 0 aromatic heterocycles. The van der Waals surface area contributed by atoms with Crippen LogP contribution in [0.3, 0.4) is 0 Å². The van der Waals surface area contributed by atoms with Gasteiger partial charge in [-0.25, -0.2) is 4.79 Å². The van der Waals surface area contributed by atoms with Gasteiger partial charge in [-0.3, -0.25) is 14.4 Å². The number of nitrogens with one attached hydrogen (secondary N) is 3. The maximum absolute atomic E-state index is 12.9. The molecule has 0 heterocycles. The highest BCUT2D eigenvalue weighted by atomic mass is 32.2. The molecule has 1 rings (SSSR count). The fourth-order valence-electron chi connectivity index (χ4n) is 2.89. The Balaban J connectivity index is 2.89. The molecule has 0 saturated heterocycles. The Labute approximate surface area is 186 Å². The quantitative estimate of drug-likeness (QED) is 0.229. The van der Waals surface area contributed by atoms with Crippen LogP contribution in [0.5, 0.6) is 0 Å². The van der Waals surface area contributed by atoms with Crippen molar-refractivity contribution < 1.29 is 29.1 Å². The number of thioether (sulfide) groups is 1. The topological polar surface area (TPSA) is 134 Å². The molecular formula is C21H31N3O6S. The minimum absolute atomic E-state index is 0.0669. The monoisotopic (exact) mass is 453 g/mol. The van der Waals surface area contributed by atoms with E-state index in [0.717, 1.165) is 5.56 Å². The number of benzene rings is 1. The Bertz CT molecular complexity index is 716. The number of carbonyl (C=O) groups excluding carboxylic acids is 3. The van der Waals surface area contributed by atoms with Gasteiger partial charge in [0.2, 0.25) is 11.8 Å². The van der Waals surface area contributed by atoms with Crippen molar-refractivity contribution in [1.29, 1.82) is 0 Å². The zero-order valence-electron chi connectivity index (χ0n) is 18.0. The summed E-state index contributed by atoms with van der Waals surface area (Å²) >= 11 is 1.52. The minimum Gasteiger partial charge on any atom is -0.480 e. The van der Waals surface area contributed by atoms with Crippen LogP contribution in [-0.4, -0.2) is 59.5 Å². The number of carboxylic acids is 1. The third-order valence-electron chi connectivity index (χ3n) is 4.42. The second kappa shape index (κ2) is 14.4. The fourth-order valence-corrected chi connectivity index (χ4v) is 3.36. The summed E-state index contributed by atoms with van der Waals surface area (Å²) in [6.45, 7) is 3.97. The SMILES string of the molecule is CSCCC(NOC=O)C(=O)NC(CC(C)C)C(=O)NC(Cc1ccccc1)C(=O)O. The van der Waals surface area contributed by atoms with Crippen molar-refractivity contribution in [2.45, 2.75) is 51.2 Å². The van der Waals surface area contributed by atoms with E-state index < -0.39 is 35.9 Å². The van der Waals surface area contributed by atoms with Crippen LogP contribution in [0.2, 0.25) is 0 Å². The molecule has 0 fully saturated rings. The van der Waals surface area contributed by atoms with Gasteiger partial charge in [-0.05, 0) is 36.3 Å². The summed E-state index contributed by atoms with van der Waals surface area (Å²) in [5.41, 5.74) is 3.14. The normalized spacial score (nSPS) is 13.7. The highest BCUT2D eigenvalue weighted by molar-refractivity contribution is 7.98. The molecule has 0 saturated carbocycles. The number of carbonyl (C=O) groups is 4. The van der Waals surface area contributed by atoms with Gasteiger partial charge < -0.3 is 20.6 Å². The number of aliphatic carboxylic acids is 1. The largest absolute Gasteiger partial charge is 0.480 e. The zero-order chi connectivity index (χ0) is 23.2. The molecule has 0 aliphatic rings. The van der Waals surface area contributed by atoms with E-state index in [1.54, 1.807) is 24.3 Å². The van der Waals surface area contributed by atoms with Crippen molar-refractivity contribution in [2.75, 3.05) is 12.0 Å². The maximum atomic E-state index is 12.9. The number of hydroxylamine groups is 1. The second-order valence-electron chi connectivity index (χ2n) is 7.45. The minimum atomic E-state index is -1.16. The van der Waals surface area contributed by atoms with Gasteiger partial charge in [0.25, 0.3) is 0 Å². The summed E-state index contributed by atoms with van der Waals surface area (Å²) in [5.74, 6) is -1.55. The number of hydrogen-bond donors (Lipinski definition) is 4. The van der Waals surface area contributed by atoms with Crippen molar-refractivity contribution in [2.24, 2.45) is 5.92 Å². The van der Waals surface area contributed by atoms with Gasteiger partial charge in [0.1, 0.15) is 18.1 Å². The van der Waals surface area contributed by atoms with E-state index in [9.17, 15) is 24.3 Å². The van der Waals surface area contributed by atoms with Crippen LogP contribution in [0.1, 0.15) is 32.3 Å². The van der Waals surface area contributed by atoms with Gasteiger partial charge in [-0.1, -0.05) is 44.2 Å². The summed E-state index contributed by atoms with van der Waals surface area (Å²) in [6.07, 6.45) is 2.69. The molecule has 172 valence electrons. The molecule has 4 N–H and O–H groups in total. The Morgan fingerprint density at radius 2 is 1.68 bits per heavy atom. The summed E-state index contributed by atoms with van der Waals surface area (Å²) in [4.78, 5) is 52.2. The molecule has 3 unspecified atom stereocenters. The third kappa shape index (κ3) is 10.3. The smallest absolute Gasteiger partial charge is 0.326 e. The van der Waals surface area contributed by atoms with Crippen molar-refractivity contribution >= 4 is 36.0 Å². The summed E-state index contributed by atoms with van der Waals surface area (Å²) in [7, 11) is 0. The van der Waals surface area contributed by atoms with Crippen LogP contribution in [0, 0.1) is 5.92 Å². The lowest BCUT2D eigenvalue weighted by Crippen LogP contribution is -2.55. The van der Waals surface area contributed by atoms with E-state index in [2.05, 4.69) is 21.0 Å². The number of amides is 2. The fraction of sp³-hybridized carbons (Fsp3) is 0.524. The molecule has 0 aliphatic carbocycles. The number of hydrogen-bond acceptors (Lipinski definition) is 7. The first kappa shape index (κ1) is 26.4. The first-order chi connectivity index (χ1) is 14.8. The third-order valence-corrected chi connectivity index (χ3v) is 5.07. The van der Waals surface area contributed by atoms with E-state index in [0.29, 0.717) is 18.6 Å². The maximum Gasteiger partial charge on any atom is 0.326 e. The molecule has 9 nitrogen and oxygen atoms in total. The summed E-state index contributed by atoms with van der Waals surface area (Å²) in [6, 6.07) is 6.07. The molecular weight excluding hydrogens is 422 g/mol. The van der Waals surface area contributed by atoms with Crippen LogP contribution < -0.4 is 16.1 Å². The molecule has 31 heavy (non-hydrogen) atoms. The second-order valence-corrected chi connectivity index (χ2v) is 8.43. The molecule has 0 aliphatic heterocycles. The van der Waals surface area contributed by atoms with Gasteiger partial charge in [0.15, 0.2) is 0 Å². The first-order valence-electron chi connectivity index (χ1n) is 9.99. The predicted octanol–water partition coefficient (Wildman–Crippen LogP) is 1.13. The van der Waals surface area contributed by atoms with Crippen LogP contribution in [0.15, 0.2) is 30.3 Å². The molecule has 3 atom stereocenters. The highest BCUT2D eigenvalue weighted by Crippen LogP contribution is 2.09. The number of rotatable bonds is 15.